The molecule has 2 N–H and O–H groups in total. The Morgan fingerprint density at radius 2 is 1.87 bits per heavy atom. The molecule has 1 rings (SSSR count). The molecule has 1 fully saturated rings. The predicted octanol–water partition coefficient (Wildman–Crippen LogP) is 1.35. The first kappa shape index (κ1) is 12.7. The van der Waals surface area contributed by atoms with Crippen LogP contribution >= 0.6 is 12.2 Å². The van der Waals surface area contributed by atoms with Gasteiger partial charge < -0.3 is 15.5 Å². The van der Waals surface area contributed by atoms with Crippen LogP contribution in [0.5, 0.6) is 0 Å². The van der Waals surface area contributed by atoms with E-state index in [0.29, 0.717) is 0 Å². The molecule has 0 spiro atoms. The van der Waals surface area contributed by atoms with Crippen LogP contribution in [-0.2, 0) is 0 Å². The smallest absolute Gasteiger partial charge is 0.166 e. The second-order valence-electron chi connectivity index (χ2n) is 4.08. The quantitative estimate of drug-likeness (QED) is 0.531. The first-order valence-electron chi connectivity index (χ1n) is 6.07. The molecule has 0 saturated carbocycles. The SMILES string of the molecule is CCCNC(=S)NCCCN1CCCC1. The summed E-state index contributed by atoms with van der Waals surface area (Å²) in [6, 6.07) is 0. The van der Waals surface area contributed by atoms with E-state index in [9.17, 15) is 0 Å². The minimum absolute atomic E-state index is 0.804. The van der Waals surface area contributed by atoms with Crippen LogP contribution in [0, 0.1) is 0 Å². The van der Waals surface area contributed by atoms with Crippen LogP contribution in [0.4, 0.5) is 0 Å². The Balaban J connectivity index is 1.89. The van der Waals surface area contributed by atoms with E-state index in [1.165, 1.54) is 38.9 Å². The summed E-state index contributed by atoms with van der Waals surface area (Å²) in [6.45, 7) is 7.90. The Morgan fingerprint density at radius 3 is 2.53 bits per heavy atom. The predicted molar refractivity (Wildman–Crippen MR) is 69.2 cm³/mol. The largest absolute Gasteiger partial charge is 0.363 e. The third-order valence-electron chi connectivity index (χ3n) is 2.67. The van der Waals surface area contributed by atoms with Crippen molar-refractivity contribution in [3.8, 4) is 0 Å². The highest BCUT2D eigenvalue weighted by molar-refractivity contribution is 7.80. The van der Waals surface area contributed by atoms with Crippen molar-refractivity contribution < 1.29 is 0 Å². The average Bonchev–Trinajstić information content (AvgIpc) is 2.74. The van der Waals surface area contributed by atoms with E-state index >= 15 is 0 Å². The Bertz CT molecular complexity index is 179. The lowest BCUT2D eigenvalue weighted by Gasteiger charge is -2.15. The van der Waals surface area contributed by atoms with Gasteiger partial charge in [-0.25, -0.2) is 0 Å². The van der Waals surface area contributed by atoms with Gasteiger partial charge in [0.25, 0.3) is 0 Å². The summed E-state index contributed by atoms with van der Waals surface area (Å²) in [5.41, 5.74) is 0. The minimum Gasteiger partial charge on any atom is -0.363 e. The molecule has 0 unspecified atom stereocenters. The van der Waals surface area contributed by atoms with Gasteiger partial charge in [-0.15, -0.1) is 0 Å². The number of hydrogen-bond donors (Lipinski definition) is 2. The molecule has 1 aliphatic heterocycles. The van der Waals surface area contributed by atoms with Gasteiger partial charge in [-0.3, -0.25) is 0 Å². The van der Waals surface area contributed by atoms with Gasteiger partial charge in [0.15, 0.2) is 5.11 Å². The first-order chi connectivity index (χ1) is 7.33. The first-order valence-corrected chi connectivity index (χ1v) is 6.48. The van der Waals surface area contributed by atoms with Crippen molar-refractivity contribution >= 4 is 17.3 Å². The third kappa shape index (κ3) is 5.95. The van der Waals surface area contributed by atoms with Crippen molar-refractivity contribution in [1.29, 1.82) is 0 Å². The summed E-state index contributed by atoms with van der Waals surface area (Å²) in [7, 11) is 0. The number of rotatable bonds is 6. The van der Waals surface area contributed by atoms with Crippen molar-refractivity contribution in [1.82, 2.24) is 15.5 Å². The van der Waals surface area contributed by atoms with Gasteiger partial charge in [0.2, 0.25) is 0 Å². The summed E-state index contributed by atoms with van der Waals surface area (Å²) in [5.74, 6) is 0. The van der Waals surface area contributed by atoms with Crippen LogP contribution < -0.4 is 10.6 Å². The molecule has 0 aliphatic carbocycles. The molecule has 0 bridgehead atoms. The average molecular weight is 229 g/mol. The molecule has 0 amide bonds. The zero-order valence-corrected chi connectivity index (χ0v) is 10.5. The monoisotopic (exact) mass is 229 g/mol. The molecule has 15 heavy (non-hydrogen) atoms. The molecule has 3 nitrogen and oxygen atoms in total. The number of thiocarbonyl (C=S) groups is 1. The second-order valence-corrected chi connectivity index (χ2v) is 4.49. The van der Waals surface area contributed by atoms with Crippen LogP contribution in [0.1, 0.15) is 32.6 Å². The lowest BCUT2D eigenvalue weighted by atomic mass is 10.4. The Kier molecular flexibility index (Phi) is 6.68. The number of hydrogen-bond acceptors (Lipinski definition) is 2. The van der Waals surface area contributed by atoms with Crippen molar-refractivity contribution in [2.45, 2.75) is 32.6 Å². The molecule has 4 heteroatoms. The molecule has 0 aromatic heterocycles. The summed E-state index contributed by atoms with van der Waals surface area (Å²) < 4.78 is 0. The van der Waals surface area contributed by atoms with E-state index < -0.39 is 0 Å². The van der Waals surface area contributed by atoms with Crippen LogP contribution in [0.15, 0.2) is 0 Å². The second kappa shape index (κ2) is 7.88. The summed E-state index contributed by atoms with van der Waals surface area (Å²) >= 11 is 5.13. The van der Waals surface area contributed by atoms with E-state index in [4.69, 9.17) is 12.2 Å². The van der Waals surface area contributed by atoms with Crippen LogP contribution in [0.25, 0.3) is 0 Å². The van der Waals surface area contributed by atoms with Crippen LogP contribution in [-0.4, -0.2) is 42.7 Å². The topological polar surface area (TPSA) is 27.3 Å². The fourth-order valence-electron chi connectivity index (χ4n) is 1.81. The van der Waals surface area contributed by atoms with Gasteiger partial charge in [0, 0.05) is 13.1 Å². The summed E-state index contributed by atoms with van der Waals surface area (Å²) in [5, 5.41) is 7.21. The maximum Gasteiger partial charge on any atom is 0.166 e. The fourth-order valence-corrected chi connectivity index (χ4v) is 2.02. The number of likely N-dealkylation sites (tertiary alicyclic amines) is 1. The standard InChI is InChI=1S/C11H23N3S/c1-2-6-12-11(15)13-7-5-10-14-8-3-4-9-14/h2-10H2,1H3,(H2,12,13,15). The van der Waals surface area contributed by atoms with Crippen LogP contribution in [0.3, 0.4) is 0 Å². The van der Waals surface area contributed by atoms with E-state index in [-0.39, 0.29) is 0 Å². The van der Waals surface area contributed by atoms with Crippen molar-refractivity contribution in [2.24, 2.45) is 0 Å². The van der Waals surface area contributed by atoms with Crippen LogP contribution in [0.2, 0.25) is 0 Å². The van der Waals surface area contributed by atoms with Gasteiger partial charge in [0.1, 0.15) is 0 Å². The molecule has 88 valence electrons. The molecular formula is C11H23N3S. The van der Waals surface area contributed by atoms with Crippen molar-refractivity contribution in [3.63, 3.8) is 0 Å². The normalized spacial score (nSPS) is 16.6. The molecule has 0 aromatic rings. The highest BCUT2D eigenvalue weighted by atomic mass is 32.1. The minimum atomic E-state index is 0.804. The molecule has 0 radical (unpaired) electrons. The maximum absolute atomic E-state index is 5.13. The Labute approximate surface area is 98.6 Å². The lowest BCUT2D eigenvalue weighted by molar-refractivity contribution is 0.334. The molecule has 0 aromatic carbocycles. The van der Waals surface area contributed by atoms with E-state index in [2.05, 4.69) is 22.5 Å². The van der Waals surface area contributed by atoms with E-state index in [0.717, 1.165) is 24.6 Å². The zero-order chi connectivity index (χ0) is 10.9. The van der Waals surface area contributed by atoms with Crippen molar-refractivity contribution in [3.05, 3.63) is 0 Å². The number of nitrogens with zero attached hydrogens (tertiary/aromatic N) is 1. The molecular weight excluding hydrogens is 206 g/mol. The Morgan fingerprint density at radius 1 is 1.20 bits per heavy atom. The third-order valence-corrected chi connectivity index (χ3v) is 2.96. The molecule has 1 saturated heterocycles. The van der Waals surface area contributed by atoms with Crippen molar-refractivity contribution in [2.75, 3.05) is 32.7 Å². The summed E-state index contributed by atoms with van der Waals surface area (Å²) in [4.78, 5) is 2.53. The summed E-state index contributed by atoms with van der Waals surface area (Å²) in [6.07, 6.45) is 5.07. The Hall–Kier alpha value is -0.350. The molecule has 1 heterocycles. The van der Waals surface area contributed by atoms with Gasteiger partial charge in [-0.1, -0.05) is 6.92 Å². The molecule has 0 atom stereocenters. The van der Waals surface area contributed by atoms with E-state index in [1.54, 1.807) is 0 Å². The fraction of sp³-hybridized carbons (Fsp3) is 0.909. The van der Waals surface area contributed by atoms with Gasteiger partial charge in [-0.05, 0) is 57.5 Å². The lowest BCUT2D eigenvalue weighted by Crippen LogP contribution is -2.37. The van der Waals surface area contributed by atoms with Gasteiger partial charge >= 0.3 is 0 Å². The van der Waals surface area contributed by atoms with Gasteiger partial charge in [-0.2, -0.15) is 0 Å². The highest BCUT2D eigenvalue weighted by Gasteiger charge is 2.09. The highest BCUT2D eigenvalue weighted by Crippen LogP contribution is 2.06. The van der Waals surface area contributed by atoms with Gasteiger partial charge in [0.05, 0.1) is 0 Å². The molecule has 1 aliphatic rings. The zero-order valence-electron chi connectivity index (χ0n) is 9.72. The van der Waals surface area contributed by atoms with E-state index in [1.807, 2.05) is 0 Å². The number of nitrogens with one attached hydrogen (secondary N) is 2. The maximum atomic E-state index is 5.13.